The molecule has 3 aromatic carbocycles. The van der Waals surface area contributed by atoms with E-state index in [9.17, 15) is 0 Å². The van der Waals surface area contributed by atoms with Crippen LogP contribution in [0, 0.1) is 20.8 Å². The molecule has 1 heteroatoms. The molecule has 0 aliphatic carbocycles. The zero-order valence-electron chi connectivity index (χ0n) is 20.3. The summed E-state index contributed by atoms with van der Waals surface area (Å²) in [6.45, 7) is 24.8. The van der Waals surface area contributed by atoms with Crippen LogP contribution in [0.5, 0.6) is 0 Å². The summed E-state index contributed by atoms with van der Waals surface area (Å²) in [5.41, 5.74) is 3.99. The van der Waals surface area contributed by atoms with Crippen LogP contribution in [-0.2, 0) is 42.4 Å². The van der Waals surface area contributed by atoms with Gasteiger partial charge in [-0.3, -0.25) is 0 Å². The van der Waals surface area contributed by atoms with E-state index in [0.29, 0.717) is 0 Å². The minimum Gasteiger partial charge on any atom is -0.333 e. The molecule has 0 bridgehead atoms. The van der Waals surface area contributed by atoms with Crippen LogP contribution in [0.4, 0.5) is 0 Å². The average Bonchev–Trinajstić information content (AvgIpc) is 2.69. The van der Waals surface area contributed by atoms with E-state index in [2.05, 4.69) is 98.7 Å². The Labute approximate surface area is 211 Å². The number of hydrogen-bond donors (Lipinski definition) is 0. The van der Waals surface area contributed by atoms with Crippen LogP contribution in [0.2, 0.25) is 0 Å². The summed E-state index contributed by atoms with van der Waals surface area (Å²) < 4.78 is 0. The van der Waals surface area contributed by atoms with Crippen LogP contribution in [0.1, 0.15) is 58.2 Å². The van der Waals surface area contributed by atoms with Crippen LogP contribution >= 0.6 is 0 Å². The zero-order valence-corrected chi connectivity index (χ0v) is 22.7. The normalized spacial score (nSPS) is 11.1. The third-order valence-corrected chi connectivity index (χ3v) is 4.67. The molecule has 0 saturated carbocycles. The molecule has 31 heavy (non-hydrogen) atoms. The van der Waals surface area contributed by atoms with Gasteiger partial charge in [-0.1, -0.05) is 149 Å². The second kappa shape index (κ2) is 13.2. The minimum atomic E-state index is 0. The first kappa shape index (κ1) is 29.5. The van der Waals surface area contributed by atoms with Gasteiger partial charge in [-0.15, -0.1) is 16.2 Å². The quantitative estimate of drug-likeness (QED) is 0.323. The van der Waals surface area contributed by atoms with Gasteiger partial charge < -0.3 is 20.8 Å². The van der Waals surface area contributed by atoms with Crippen LogP contribution in [0.3, 0.4) is 0 Å². The number of benzene rings is 3. The predicted octanol–water partition coefficient (Wildman–Crippen LogP) is 8.39. The summed E-state index contributed by atoms with van der Waals surface area (Å²) in [5, 5.41) is 0. The van der Waals surface area contributed by atoms with Gasteiger partial charge in [-0.2, -0.15) is 0 Å². The van der Waals surface area contributed by atoms with E-state index in [1.54, 1.807) is 0 Å². The third kappa shape index (κ3) is 12.2. The monoisotopic (exact) mass is 489 g/mol. The Morgan fingerprint density at radius 2 is 0.548 bits per heavy atom. The van der Waals surface area contributed by atoms with Crippen molar-refractivity contribution in [3.63, 3.8) is 0 Å². The Morgan fingerprint density at radius 3 is 0.645 bits per heavy atom. The van der Waals surface area contributed by atoms with Crippen molar-refractivity contribution in [1.82, 2.24) is 0 Å². The molecule has 0 fully saturated rings. The summed E-state index contributed by atoms with van der Waals surface area (Å²) in [5.74, 6) is 0. The fraction of sp³-hybridized carbons (Fsp3) is 0.300. The molecule has 0 aliphatic heterocycles. The molecule has 0 heterocycles. The molecule has 1 radical (unpaired) electrons. The molecule has 0 spiro atoms. The summed E-state index contributed by atoms with van der Waals surface area (Å²) in [6, 6.07) is 31.0. The SMILES string of the molecule is [CH2-]C(C)(C)c1ccccc1.[CH2-]C(C)(C)c1ccccc1.[CH2-]C(C)(C)c1ccccc1.[Zr+3]. The van der Waals surface area contributed by atoms with Gasteiger partial charge in [0.1, 0.15) is 0 Å². The average molecular weight is 491 g/mol. The van der Waals surface area contributed by atoms with Crippen molar-refractivity contribution in [2.24, 2.45) is 0 Å². The van der Waals surface area contributed by atoms with Crippen LogP contribution in [0.25, 0.3) is 0 Å². The molecule has 0 N–H and O–H groups in total. The van der Waals surface area contributed by atoms with Crippen molar-refractivity contribution in [3.05, 3.63) is 128 Å². The van der Waals surface area contributed by atoms with Gasteiger partial charge in [0.05, 0.1) is 0 Å². The van der Waals surface area contributed by atoms with E-state index in [1.807, 2.05) is 54.6 Å². The molecule has 0 unspecified atom stereocenters. The van der Waals surface area contributed by atoms with Gasteiger partial charge >= 0.3 is 26.2 Å². The summed E-state index contributed by atoms with van der Waals surface area (Å²) >= 11 is 0. The Morgan fingerprint density at radius 1 is 0.387 bits per heavy atom. The van der Waals surface area contributed by atoms with Crippen LogP contribution < -0.4 is 0 Å². The fourth-order valence-corrected chi connectivity index (χ4v) is 2.67. The number of hydrogen-bond acceptors (Lipinski definition) is 0. The molecule has 3 aromatic rings. The smallest absolute Gasteiger partial charge is 0.333 e. The number of rotatable bonds is 3. The van der Waals surface area contributed by atoms with Crippen LogP contribution in [0.15, 0.2) is 91.0 Å². The van der Waals surface area contributed by atoms with E-state index in [1.165, 1.54) is 16.7 Å². The molecule has 0 aliphatic rings. The first-order valence-electron chi connectivity index (χ1n) is 10.5. The largest absolute Gasteiger partial charge is 3.00 e. The van der Waals surface area contributed by atoms with Gasteiger partial charge in [0.25, 0.3) is 0 Å². The van der Waals surface area contributed by atoms with Gasteiger partial charge in [0, 0.05) is 0 Å². The molecule has 3 rings (SSSR count). The summed E-state index contributed by atoms with van der Waals surface area (Å²) in [6.07, 6.45) is 0. The van der Waals surface area contributed by atoms with Gasteiger partial charge in [-0.05, 0) is 0 Å². The first-order valence-corrected chi connectivity index (χ1v) is 10.5. The van der Waals surface area contributed by atoms with Crippen molar-refractivity contribution in [2.75, 3.05) is 0 Å². The van der Waals surface area contributed by atoms with E-state index >= 15 is 0 Å². The molecule has 0 saturated heterocycles. The second-order valence-electron chi connectivity index (χ2n) is 9.75. The Balaban J connectivity index is 0.000000429. The van der Waals surface area contributed by atoms with Crippen molar-refractivity contribution in [3.8, 4) is 0 Å². The molecule has 163 valence electrons. The van der Waals surface area contributed by atoms with E-state index in [4.69, 9.17) is 0 Å². The maximum absolute atomic E-state index is 4.04. The first-order chi connectivity index (χ1) is 13.8. The van der Waals surface area contributed by atoms with E-state index < -0.39 is 0 Å². The Hall–Kier alpha value is -1.46. The zero-order chi connectivity index (χ0) is 22.8. The Bertz CT molecular complexity index is 697. The topological polar surface area (TPSA) is 0 Å². The second-order valence-corrected chi connectivity index (χ2v) is 9.75. The fourth-order valence-electron chi connectivity index (χ4n) is 2.67. The van der Waals surface area contributed by atoms with Gasteiger partial charge in [0.2, 0.25) is 0 Å². The van der Waals surface area contributed by atoms with E-state index in [-0.39, 0.29) is 42.4 Å². The minimum absolute atomic E-state index is 0. The predicted molar refractivity (Wildman–Crippen MR) is 134 cm³/mol. The molecular weight excluding hydrogens is 452 g/mol. The maximum atomic E-state index is 4.04. The van der Waals surface area contributed by atoms with Gasteiger partial charge in [0.15, 0.2) is 0 Å². The molecular formula is C30H39Zr. The van der Waals surface area contributed by atoms with Crippen molar-refractivity contribution >= 4 is 0 Å². The summed E-state index contributed by atoms with van der Waals surface area (Å²) in [4.78, 5) is 0. The van der Waals surface area contributed by atoms with Crippen molar-refractivity contribution < 1.29 is 26.2 Å². The third-order valence-electron chi connectivity index (χ3n) is 4.67. The molecule has 0 atom stereocenters. The standard InChI is InChI=1S/3C10H13.Zr/c3*1-10(2,3)9-7-5-4-6-8-9;/h3*4-8H,1H2,2-3H3;/q3*-1;+3. The molecule has 0 nitrogen and oxygen atoms in total. The van der Waals surface area contributed by atoms with Crippen molar-refractivity contribution in [1.29, 1.82) is 0 Å². The molecule has 0 amide bonds. The maximum Gasteiger partial charge on any atom is 3.00 e. The van der Waals surface area contributed by atoms with E-state index in [0.717, 1.165) is 0 Å². The summed E-state index contributed by atoms with van der Waals surface area (Å²) in [7, 11) is 0. The van der Waals surface area contributed by atoms with Crippen LogP contribution in [-0.4, -0.2) is 0 Å². The van der Waals surface area contributed by atoms with Gasteiger partial charge in [-0.25, -0.2) is 0 Å². The van der Waals surface area contributed by atoms with Crippen molar-refractivity contribution in [2.45, 2.75) is 57.8 Å². The Kier molecular flexibility index (Phi) is 12.6. The molecule has 0 aromatic heterocycles.